The van der Waals surface area contributed by atoms with Crippen LogP contribution in [0, 0.1) is 0 Å². The van der Waals surface area contributed by atoms with Gasteiger partial charge in [0.1, 0.15) is 0 Å². The number of hydrogen-bond donors (Lipinski definition) is 0. The summed E-state index contributed by atoms with van der Waals surface area (Å²) in [5, 5.41) is 0. The van der Waals surface area contributed by atoms with E-state index in [0.29, 0.717) is 11.8 Å². The van der Waals surface area contributed by atoms with E-state index in [1.807, 2.05) is 0 Å². The molecule has 1 fully saturated rings. The summed E-state index contributed by atoms with van der Waals surface area (Å²) in [7, 11) is 0. The van der Waals surface area contributed by atoms with Crippen molar-refractivity contribution >= 4 is 46.3 Å². The molecule has 0 saturated carbocycles. The van der Waals surface area contributed by atoms with E-state index in [4.69, 9.17) is 27.9 Å². The van der Waals surface area contributed by atoms with Gasteiger partial charge in [0.2, 0.25) is 0 Å². The first-order valence-electron chi connectivity index (χ1n) is 3.11. The van der Waals surface area contributed by atoms with Crippen molar-refractivity contribution in [3.05, 3.63) is 0 Å². The fourth-order valence-electron chi connectivity index (χ4n) is 0.510. The van der Waals surface area contributed by atoms with Gasteiger partial charge < -0.3 is 7.59 Å². The molecule has 0 aliphatic carbocycles. The maximum Gasteiger partial charge on any atom is 2.00 e. The van der Waals surface area contributed by atoms with Crippen molar-refractivity contribution in [2.45, 2.75) is 12.8 Å². The molecule has 60 valence electrons. The van der Waals surface area contributed by atoms with Gasteiger partial charge in [-0.3, -0.25) is 0 Å². The Hall–Kier alpha value is 1.31. The van der Waals surface area contributed by atoms with E-state index in [9.17, 15) is 0 Å². The summed E-state index contributed by atoms with van der Waals surface area (Å²) >= 11 is 10.1. The number of alkyl halides is 2. The van der Waals surface area contributed by atoms with Gasteiger partial charge in [-0.15, -0.1) is 23.2 Å². The predicted molar refractivity (Wildman–Crippen MR) is 49.5 cm³/mol. The van der Waals surface area contributed by atoms with E-state index < -0.39 is 0 Å². The average Bonchev–Trinajstić information content (AvgIpc) is 2.43. The molecule has 0 radical (unpaired) electrons. The van der Waals surface area contributed by atoms with E-state index in [1.54, 1.807) is 0 Å². The van der Waals surface area contributed by atoms with Crippen LogP contribution in [-0.2, 0) is 4.74 Å². The van der Waals surface area contributed by atoms with E-state index >= 15 is 0 Å². The van der Waals surface area contributed by atoms with Crippen molar-refractivity contribution in [1.82, 2.24) is 0 Å². The van der Waals surface area contributed by atoms with Crippen LogP contribution in [0.3, 0.4) is 0 Å². The fraction of sp³-hybridized carbons (Fsp3) is 1.00. The van der Waals surface area contributed by atoms with Crippen molar-refractivity contribution in [2.24, 2.45) is 0 Å². The first kappa shape index (κ1) is 13.9. The van der Waals surface area contributed by atoms with E-state index in [1.165, 1.54) is 12.8 Å². The Labute approximate surface area is 91.5 Å². The minimum absolute atomic E-state index is 0. The topological polar surface area (TPSA) is 9.23 Å². The third kappa shape index (κ3) is 12.0. The predicted octanol–water partition coefficient (Wildman–Crippen LogP) is 2.10. The van der Waals surface area contributed by atoms with E-state index in [-0.39, 0.29) is 25.9 Å². The maximum absolute atomic E-state index is 5.05. The van der Waals surface area contributed by atoms with Gasteiger partial charge in [-0.05, 0) is 12.8 Å². The first-order chi connectivity index (χ1) is 4.41. The average molecular weight is 197 g/mol. The summed E-state index contributed by atoms with van der Waals surface area (Å²) in [4.78, 5) is 0. The van der Waals surface area contributed by atoms with Crippen molar-refractivity contribution in [3.63, 3.8) is 0 Å². The van der Waals surface area contributed by atoms with Gasteiger partial charge in [-0.25, -0.2) is 0 Å². The van der Waals surface area contributed by atoms with Gasteiger partial charge >= 0.3 is 23.1 Å². The molecule has 0 bridgehead atoms. The van der Waals surface area contributed by atoms with Crippen LogP contribution in [0.25, 0.3) is 0 Å². The van der Waals surface area contributed by atoms with Crippen LogP contribution in [-0.4, -0.2) is 48.0 Å². The molecule has 1 aliphatic heterocycles. The summed E-state index contributed by atoms with van der Waals surface area (Å²) in [5.74, 6) is 1.11. The number of rotatable bonds is 1. The summed E-state index contributed by atoms with van der Waals surface area (Å²) in [6, 6.07) is 0. The molecule has 1 aliphatic rings. The normalized spacial score (nSPS) is 15.0. The fourth-order valence-corrected chi connectivity index (χ4v) is 0.510. The molecular weight excluding hydrogens is 183 g/mol. The molecule has 10 heavy (non-hydrogen) atoms. The number of halogens is 2. The molecule has 1 heterocycles. The molecule has 1 nitrogen and oxygen atoms in total. The molecule has 0 unspecified atom stereocenters. The Bertz CT molecular complexity index is 49.2. The zero-order valence-electron chi connectivity index (χ0n) is 8.11. The van der Waals surface area contributed by atoms with Crippen LogP contribution in [0.2, 0.25) is 0 Å². The molecule has 0 spiro atoms. The Balaban J connectivity index is -0.0000000436. The number of hydrogen-bond acceptors (Lipinski definition) is 1. The second-order valence-electron chi connectivity index (χ2n) is 1.70. The van der Waals surface area contributed by atoms with Gasteiger partial charge in [-0.1, -0.05) is 0 Å². The van der Waals surface area contributed by atoms with Gasteiger partial charge in [0, 0.05) is 25.0 Å². The van der Waals surface area contributed by atoms with Crippen molar-refractivity contribution in [3.8, 4) is 0 Å². The van der Waals surface area contributed by atoms with E-state index in [2.05, 4.69) is 0 Å². The minimum Gasteiger partial charge on any atom is -1.00 e. The van der Waals surface area contributed by atoms with Crippen molar-refractivity contribution in [2.75, 3.05) is 25.0 Å². The van der Waals surface area contributed by atoms with Crippen LogP contribution in [0.15, 0.2) is 0 Å². The molecule has 0 N–H and O–H groups in total. The Kier molecular flexibility index (Phi) is 17.9. The summed E-state index contributed by atoms with van der Waals surface area (Å²) < 4.78 is 4.94. The quantitative estimate of drug-likeness (QED) is 0.462. The van der Waals surface area contributed by atoms with Crippen LogP contribution in [0.1, 0.15) is 15.7 Å². The van der Waals surface area contributed by atoms with Crippen LogP contribution < -0.4 is 0 Å². The third-order valence-corrected chi connectivity index (χ3v) is 1.47. The smallest absolute Gasteiger partial charge is 1.00 e. The largest absolute Gasteiger partial charge is 2.00 e. The molecule has 0 atom stereocenters. The van der Waals surface area contributed by atoms with Crippen molar-refractivity contribution < 1.29 is 7.59 Å². The maximum atomic E-state index is 5.05. The van der Waals surface area contributed by atoms with Gasteiger partial charge in [0.25, 0.3) is 0 Å². The first-order valence-corrected chi connectivity index (χ1v) is 4.18. The van der Waals surface area contributed by atoms with Crippen molar-refractivity contribution in [1.29, 1.82) is 0 Å². The molecule has 4 heteroatoms. The SMILES string of the molecule is C1CCOC1.ClCCCl.[H-].[H-].[Mg+2]. The number of ether oxygens (including phenoxy) is 1. The molecule has 0 aromatic carbocycles. The molecule has 1 rings (SSSR count). The van der Waals surface area contributed by atoms with Crippen LogP contribution in [0.4, 0.5) is 0 Å². The molecule has 0 aromatic heterocycles. The standard InChI is InChI=1S/C4H8O.C2H4Cl2.Mg.2H/c1-2-4-5-3-1;3-1-2-4;;;/h1-4H2;1-2H2;;;/q;;+2;2*-1. The zero-order valence-corrected chi connectivity index (χ0v) is 9.04. The summed E-state index contributed by atoms with van der Waals surface area (Å²) in [6.07, 6.45) is 2.56. The van der Waals surface area contributed by atoms with Gasteiger partial charge in [0.05, 0.1) is 0 Å². The van der Waals surface area contributed by atoms with Gasteiger partial charge in [-0.2, -0.15) is 0 Å². The Morgan fingerprint density at radius 2 is 1.50 bits per heavy atom. The second-order valence-corrected chi connectivity index (χ2v) is 2.45. The summed E-state index contributed by atoms with van der Waals surface area (Å²) in [5.41, 5.74) is 0. The Morgan fingerprint density at radius 3 is 1.60 bits per heavy atom. The zero-order chi connectivity index (χ0) is 6.95. The third-order valence-electron chi connectivity index (χ3n) is 0.899. The molecule has 0 aromatic rings. The minimum atomic E-state index is 0. The second kappa shape index (κ2) is 12.9. The molecular formula is C6H14Cl2MgO. The van der Waals surface area contributed by atoms with E-state index in [0.717, 1.165) is 13.2 Å². The summed E-state index contributed by atoms with van der Waals surface area (Å²) in [6.45, 7) is 2.00. The monoisotopic (exact) mass is 196 g/mol. The molecule has 1 saturated heterocycles. The Morgan fingerprint density at radius 1 is 1.10 bits per heavy atom. The van der Waals surface area contributed by atoms with Crippen LogP contribution in [0.5, 0.6) is 0 Å². The molecule has 0 amide bonds. The van der Waals surface area contributed by atoms with Gasteiger partial charge in [0.15, 0.2) is 0 Å². The van der Waals surface area contributed by atoms with Crippen LogP contribution >= 0.6 is 23.2 Å².